The third kappa shape index (κ3) is 3.94. The third-order valence-corrected chi connectivity index (χ3v) is 4.19. The van der Waals surface area contributed by atoms with Crippen molar-refractivity contribution in [1.29, 1.82) is 0 Å². The van der Waals surface area contributed by atoms with Gasteiger partial charge in [0, 0.05) is 37.8 Å². The van der Waals surface area contributed by atoms with E-state index in [-0.39, 0.29) is 0 Å². The lowest BCUT2D eigenvalue weighted by atomic mass is 9.94. The van der Waals surface area contributed by atoms with Gasteiger partial charge in [-0.25, -0.2) is 0 Å². The molecule has 17 heavy (non-hydrogen) atoms. The molecule has 1 heterocycles. The lowest BCUT2D eigenvalue weighted by Crippen LogP contribution is -2.61. The molecule has 1 atom stereocenters. The second-order valence-corrected chi connectivity index (χ2v) is 6.32. The average Bonchev–Trinajstić information content (AvgIpc) is 2.23. The van der Waals surface area contributed by atoms with Gasteiger partial charge in [0.2, 0.25) is 0 Å². The quantitative estimate of drug-likeness (QED) is 0.789. The second kappa shape index (κ2) is 6.17. The summed E-state index contributed by atoms with van der Waals surface area (Å²) < 4.78 is 0. The van der Waals surface area contributed by atoms with Gasteiger partial charge in [0.1, 0.15) is 0 Å². The summed E-state index contributed by atoms with van der Waals surface area (Å²) in [6.07, 6.45) is 0. The Hall–Kier alpha value is -0.120. The van der Waals surface area contributed by atoms with Gasteiger partial charge in [0.25, 0.3) is 0 Å². The Bertz CT molecular complexity index is 226. The number of hydrogen-bond acceptors (Lipinski definition) is 3. The molecule has 0 saturated carbocycles. The van der Waals surface area contributed by atoms with E-state index in [1.807, 2.05) is 0 Å². The van der Waals surface area contributed by atoms with Gasteiger partial charge >= 0.3 is 0 Å². The van der Waals surface area contributed by atoms with Crippen molar-refractivity contribution in [1.82, 2.24) is 15.1 Å². The van der Waals surface area contributed by atoms with Crippen LogP contribution in [0.25, 0.3) is 0 Å². The number of nitrogens with one attached hydrogen (secondary N) is 1. The fourth-order valence-corrected chi connectivity index (χ4v) is 2.64. The molecular formula is C14H31N3. The topological polar surface area (TPSA) is 18.5 Å². The smallest absolute Gasteiger partial charge is 0.0277 e. The Morgan fingerprint density at radius 1 is 1.24 bits per heavy atom. The maximum atomic E-state index is 3.51. The van der Waals surface area contributed by atoms with Crippen molar-refractivity contribution in [2.24, 2.45) is 5.92 Å². The monoisotopic (exact) mass is 241 g/mol. The van der Waals surface area contributed by atoms with Gasteiger partial charge in [-0.05, 0) is 33.4 Å². The SMILES string of the molecule is CCNCC(C(C)C)N1CCN(C)C(C)(C)C1. The highest BCUT2D eigenvalue weighted by Crippen LogP contribution is 2.22. The van der Waals surface area contributed by atoms with Gasteiger partial charge < -0.3 is 5.32 Å². The lowest BCUT2D eigenvalue weighted by Gasteiger charge is -2.49. The summed E-state index contributed by atoms with van der Waals surface area (Å²) in [6.45, 7) is 17.3. The Balaban J connectivity index is 2.62. The molecule has 0 spiro atoms. The normalized spacial score (nSPS) is 24.2. The van der Waals surface area contributed by atoms with Crippen molar-refractivity contribution in [2.75, 3.05) is 39.8 Å². The number of hydrogen-bond donors (Lipinski definition) is 1. The van der Waals surface area contributed by atoms with E-state index in [0.29, 0.717) is 17.5 Å². The van der Waals surface area contributed by atoms with Gasteiger partial charge in [0.05, 0.1) is 0 Å². The fourth-order valence-electron chi connectivity index (χ4n) is 2.64. The van der Waals surface area contributed by atoms with Crippen LogP contribution in [-0.4, -0.2) is 61.2 Å². The highest BCUT2D eigenvalue weighted by atomic mass is 15.3. The summed E-state index contributed by atoms with van der Waals surface area (Å²) in [7, 11) is 2.24. The van der Waals surface area contributed by atoms with Crippen LogP contribution in [0, 0.1) is 5.92 Å². The van der Waals surface area contributed by atoms with Crippen LogP contribution in [0.1, 0.15) is 34.6 Å². The summed E-state index contributed by atoms with van der Waals surface area (Å²) in [5, 5.41) is 3.51. The number of nitrogens with zero attached hydrogens (tertiary/aromatic N) is 2. The average molecular weight is 241 g/mol. The Morgan fingerprint density at radius 3 is 2.35 bits per heavy atom. The molecule has 0 radical (unpaired) electrons. The van der Waals surface area contributed by atoms with Gasteiger partial charge in [-0.2, -0.15) is 0 Å². The zero-order valence-corrected chi connectivity index (χ0v) is 12.6. The predicted molar refractivity (Wildman–Crippen MR) is 75.5 cm³/mol. The van der Waals surface area contributed by atoms with Crippen molar-refractivity contribution in [3.63, 3.8) is 0 Å². The molecule has 0 aliphatic carbocycles. The van der Waals surface area contributed by atoms with Crippen LogP contribution in [0.5, 0.6) is 0 Å². The van der Waals surface area contributed by atoms with E-state index in [9.17, 15) is 0 Å². The van der Waals surface area contributed by atoms with Crippen LogP contribution < -0.4 is 5.32 Å². The number of likely N-dealkylation sites (N-methyl/N-ethyl adjacent to an activating group) is 2. The molecule has 0 aromatic heterocycles. The fraction of sp³-hybridized carbons (Fsp3) is 1.00. The van der Waals surface area contributed by atoms with E-state index in [4.69, 9.17) is 0 Å². The summed E-state index contributed by atoms with van der Waals surface area (Å²) in [5.74, 6) is 0.716. The van der Waals surface area contributed by atoms with Gasteiger partial charge in [0.15, 0.2) is 0 Å². The minimum absolute atomic E-state index is 0.303. The molecule has 1 fully saturated rings. The van der Waals surface area contributed by atoms with Gasteiger partial charge in [-0.1, -0.05) is 20.8 Å². The first-order valence-electron chi connectivity index (χ1n) is 7.04. The zero-order chi connectivity index (χ0) is 13.1. The molecule has 1 rings (SSSR count). The maximum absolute atomic E-state index is 3.51. The van der Waals surface area contributed by atoms with Crippen LogP contribution in [-0.2, 0) is 0 Å². The van der Waals surface area contributed by atoms with Crippen molar-refractivity contribution in [3.05, 3.63) is 0 Å². The summed E-state index contributed by atoms with van der Waals surface area (Å²) in [5.41, 5.74) is 0.303. The van der Waals surface area contributed by atoms with Crippen LogP contribution >= 0.6 is 0 Å². The molecule has 1 aliphatic heterocycles. The second-order valence-electron chi connectivity index (χ2n) is 6.32. The molecule has 102 valence electrons. The standard InChI is InChI=1S/C14H31N3/c1-7-15-10-13(12(2)3)17-9-8-16(6)14(4,5)11-17/h12-13,15H,7-11H2,1-6H3. The van der Waals surface area contributed by atoms with Crippen LogP contribution in [0.3, 0.4) is 0 Å². The van der Waals surface area contributed by atoms with E-state index < -0.39 is 0 Å². The number of rotatable bonds is 5. The molecule has 3 heteroatoms. The van der Waals surface area contributed by atoms with Crippen molar-refractivity contribution < 1.29 is 0 Å². The molecule has 3 nitrogen and oxygen atoms in total. The molecular weight excluding hydrogens is 210 g/mol. The van der Waals surface area contributed by atoms with Crippen LogP contribution in [0.2, 0.25) is 0 Å². The summed E-state index contributed by atoms with van der Waals surface area (Å²) in [6, 6.07) is 0.669. The molecule has 1 unspecified atom stereocenters. The molecule has 1 aliphatic rings. The summed E-state index contributed by atoms with van der Waals surface area (Å²) >= 11 is 0. The van der Waals surface area contributed by atoms with E-state index in [2.05, 4.69) is 56.8 Å². The minimum Gasteiger partial charge on any atom is -0.315 e. The van der Waals surface area contributed by atoms with Crippen LogP contribution in [0.4, 0.5) is 0 Å². The first kappa shape index (κ1) is 14.9. The highest BCUT2D eigenvalue weighted by Gasteiger charge is 2.34. The first-order valence-corrected chi connectivity index (χ1v) is 7.04. The molecule has 1 N–H and O–H groups in total. The molecule has 0 aromatic rings. The van der Waals surface area contributed by atoms with E-state index >= 15 is 0 Å². The van der Waals surface area contributed by atoms with Gasteiger partial charge in [-0.3, -0.25) is 9.80 Å². The van der Waals surface area contributed by atoms with E-state index in [1.54, 1.807) is 0 Å². The largest absolute Gasteiger partial charge is 0.315 e. The zero-order valence-electron chi connectivity index (χ0n) is 12.6. The Kier molecular flexibility index (Phi) is 5.42. The molecule has 0 amide bonds. The Labute approximate surface area is 108 Å². The number of piperazine rings is 1. The molecule has 0 bridgehead atoms. The van der Waals surface area contributed by atoms with Crippen LogP contribution in [0.15, 0.2) is 0 Å². The Morgan fingerprint density at radius 2 is 1.88 bits per heavy atom. The van der Waals surface area contributed by atoms with Crippen molar-refractivity contribution in [3.8, 4) is 0 Å². The predicted octanol–water partition coefficient (Wildman–Crippen LogP) is 1.65. The third-order valence-electron chi connectivity index (χ3n) is 4.19. The van der Waals surface area contributed by atoms with E-state index in [1.165, 1.54) is 19.6 Å². The summed E-state index contributed by atoms with van der Waals surface area (Å²) in [4.78, 5) is 5.15. The molecule has 1 saturated heterocycles. The molecule has 0 aromatic carbocycles. The maximum Gasteiger partial charge on any atom is 0.0277 e. The minimum atomic E-state index is 0.303. The van der Waals surface area contributed by atoms with Crippen molar-refractivity contribution >= 4 is 0 Å². The van der Waals surface area contributed by atoms with Gasteiger partial charge in [-0.15, -0.1) is 0 Å². The van der Waals surface area contributed by atoms with Crippen molar-refractivity contribution in [2.45, 2.75) is 46.2 Å². The lowest BCUT2D eigenvalue weighted by molar-refractivity contribution is 0.00590. The first-order chi connectivity index (χ1) is 7.88. The van der Waals surface area contributed by atoms with E-state index in [0.717, 1.165) is 13.1 Å². The highest BCUT2D eigenvalue weighted by molar-refractivity contribution is 4.92.